The van der Waals surface area contributed by atoms with Crippen LogP contribution in [-0.2, 0) is 19.1 Å². The molecule has 1 aromatic rings. The smallest absolute Gasteiger partial charge is 0.334 e. The van der Waals surface area contributed by atoms with E-state index < -0.39 is 5.97 Å². The zero-order chi connectivity index (χ0) is 20.1. The molecule has 0 amide bonds. The number of hydrogen-bond acceptors (Lipinski definition) is 5. The number of hydrogen-bond donors (Lipinski definition) is 0. The zero-order valence-corrected chi connectivity index (χ0v) is 16.6. The summed E-state index contributed by atoms with van der Waals surface area (Å²) in [4.78, 5) is 25.3. The van der Waals surface area contributed by atoms with Gasteiger partial charge in [-0.15, -0.1) is 0 Å². The van der Waals surface area contributed by atoms with Crippen LogP contribution in [0.3, 0.4) is 0 Å². The van der Waals surface area contributed by atoms with E-state index in [0.29, 0.717) is 48.7 Å². The minimum Gasteiger partial charge on any atom is -0.493 e. The molecule has 0 atom stereocenters. The van der Waals surface area contributed by atoms with Crippen molar-refractivity contribution < 1.29 is 23.8 Å². The molecule has 0 radical (unpaired) electrons. The Morgan fingerprint density at radius 3 is 2.61 bits per heavy atom. The van der Waals surface area contributed by atoms with Crippen LogP contribution in [0.4, 0.5) is 0 Å². The molecule has 0 saturated carbocycles. The molecule has 0 aromatic heterocycles. The van der Waals surface area contributed by atoms with Gasteiger partial charge in [-0.3, -0.25) is 4.79 Å². The lowest BCUT2D eigenvalue weighted by Crippen LogP contribution is -2.27. The number of allylic oxidation sites excluding steroid dienone is 2. The van der Waals surface area contributed by atoms with E-state index in [9.17, 15) is 9.59 Å². The number of carbonyl (C=O) groups excluding carboxylic acids is 2. The summed E-state index contributed by atoms with van der Waals surface area (Å²) in [7, 11) is 1.34. The summed E-state index contributed by atoms with van der Waals surface area (Å²) in [6.45, 7) is 4.87. The second-order valence-electron chi connectivity index (χ2n) is 7.85. The number of fused-ring (bicyclic) bond motifs is 2. The summed E-state index contributed by atoms with van der Waals surface area (Å²) in [5.74, 6) is 0.931. The van der Waals surface area contributed by atoms with E-state index >= 15 is 0 Å². The molecule has 1 aliphatic carbocycles. The lowest BCUT2D eigenvalue weighted by molar-refractivity contribution is -0.136. The Kier molecular flexibility index (Phi) is 6.02. The zero-order valence-electron chi connectivity index (χ0n) is 16.6. The van der Waals surface area contributed by atoms with Crippen molar-refractivity contribution in [3.05, 3.63) is 58.9 Å². The second-order valence-corrected chi connectivity index (χ2v) is 7.85. The number of rotatable bonds is 1. The molecular weight excluding hydrogens is 356 g/mol. The van der Waals surface area contributed by atoms with Crippen LogP contribution >= 0.6 is 0 Å². The largest absolute Gasteiger partial charge is 0.493 e. The number of ketones is 1. The highest BCUT2D eigenvalue weighted by Crippen LogP contribution is 2.39. The minimum atomic E-state index is -0.456. The van der Waals surface area contributed by atoms with E-state index in [4.69, 9.17) is 14.2 Å². The number of benzene rings is 1. The number of ether oxygens (including phenoxy) is 3. The Balaban J connectivity index is 2.07. The molecule has 5 nitrogen and oxygen atoms in total. The molecule has 1 heterocycles. The van der Waals surface area contributed by atoms with Gasteiger partial charge >= 0.3 is 5.97 Å². The van der Waals surface area contributed by atoms with E-state index in [0.717, 1.165) is 5.56 Å². The topological polar surface area (TPSA) is 61.8 Å². The average molecular weight is 382 g/mol. The highest BCUT2D eigenvalue weighted by molar-refractivity contribution is 6.01. The fraction of sp³-hybridized carbons (Fsp3) is 0.391. The van der Waals surface area contributed by atoms with Crippen molar-refractivity contribution in [2.45, 2.75) is 33.1 Å². The predicted molar refractivity (Wildman–Crippen MR) is 107 cm³/mol. The van der Waals surface area contributed by atoms with Gasteiger partial charge in [-0.1, -0.05) is 26.0 Å². The Hall–Kier alpha value is -2.82. The van der Waals surface area contributed by atoms with Gasteiger partial charge in [0.25, 0.3) is 0 Å². The molecule has 28 heavy (non-hydrogen) atoms. The van der Waals surface area contributed by atoms with Gasteiger partial charge in [0, 0.05) is 30.4 Å². The van der Waals surface area contributed by atoms with Gasteiger partial charge < -0.3 is 14.2 Å². The molecule has 3 rings (SSSR count). The van der Waals surface area contributed by atoms with E-state index in [2.05, 4.69) is 13.8 Å². The lowest BCUT2D eigenvalue weighted by Gasteiger charge is -2.32. The van der Waals surface area contributed by atoms with Crippen molar-refractivity contribution in [3.8, 4) is 5.75 Å². The molecule has 5 heteroatoms. The Labute approximate surface area is 165 Å². The van der Waals surface area contributed by atoms with Crippen molar-refractivity contribution in [1.29, 1.82) is 0 Å². The first-order chi connectivity index (χ1) is 13.4. The van der Waals surface area contributed by atoms with Crippen molar-refractivity contribution in [1.82, 2.24) is 0 Å². The van der Waals surface area contributed by atoms with Crippen molar-refractivity contribution >= 4 is 17.8 Å². The standard InChI is InChI=1S/C23H26O5/c1-23(2)14-20(24)19-13-17(22(25)26-3)11-16-7-6-8-18(12-16)27-9-4-5-10-28-21(19)15-23/h4-8,11-12H,9-10,13-15H2,1-3H3/b5-4+,17-11+. The normalized spacial score (nSPS) is 22.5. The first-order valence-corrected chi connectivity index (χ1v) is 9.43. The molecule has 148 valence electrons. The van der Waals surface area contributed by atoms with Gasteiger partial charge in [-0.25, -0.2) is 4.79 Å². The van der Waals surface area contributed by atoms with E-state index in [1.807, 2.05) is 36.4 Å². The van der Waals surface area contributed by atoms with Crippen molar-refractivity contribution in [2.24, 2.45) is 5.41 Å². The van der Waals surface area contributed by atoms with Crippen LogP contribution < -0.4 is 4.74 Å². The fourth-order valence-electron chi connectivity index (χ4n) is 3.46. The molecule has 1 aliphatic heterocycles. The molecule has 0 saturated heterocycles. The number of Topliss-reactive ketones (excluding diaryl/α,β-unsaturated/α-hetero) is 1. The number of carbonyl (C=O) groups is 2. The molecular formula is C23H26O5. The highest BCUT2D eigenvalue weighted by Gasteiger charge is 2.34. The van der Waals surface area contributed by atoms with Crippen LogP contribution in [0.5, 0.6) is 5.75 Å². The first-order valence-electron chi connectivity index (χ1n) is 9.43. The summed E-state index contributed by atoms with van der Waals surface area (Å²) in [5.41, 5.74) is 1.62. The third-order valence-electron chi connectivity index (χ3n) is 4.83. The molecule has 2 aliphatic rings. The number of esters is 1. The van der Waals surface area contributed by atoms with E-state index in [1.165, 1.54) is 7.11 Å². The van der Waals surface area contributed by atoms with Gasteiger partial charge in [0.1, 0.15) is 24.7 Å². The molecule has 2 bridgehead atoms. The molecule has 0 N–H and O–H groups in total. The Morgan fingerprint density at radius 1 is 1.11 bits per heavy atom. The lowest BCUT2D eigenvalue weighted by atomic mass is 9.75. The summed E-state index contributed by atoms with van der Waals surface area (Å²) in [6.07, 6.45) is 6.79. The second kappa shape index (κ2) is 8.46. The number of methoxy groups -OCH3 is 1. The molecule has 1 aromatic carbocycles. The maximum Gasteiger partial charge on any atom is 0.334 e. The van der Waals surface area contributed by atoms with Crippen LogP contribution in [0.15, 0.2) is 53.3 Å². The summed E-state index contributed by atoms with van der Waals surface area (Å²) in [6, 6.07) is 7.47. The van der Waals surface area contributed by atoms with Crippen LogP contribution in [0.25, 0.3) is 6.08 Å². The molecule has 0 fully saturated rings. The highest BCUT2D eigenvalue weighted by atomic mass is 16.5. The summed E-state index contributed by atoms with van der Waals surface area (Å²) in [5, 5.41) is 0. The van der Waals surface area contributed by atoms with E-state index in [-0.39, 0.29) is 17.6 Å². The maximum absolute atomic E-state index is 12.9. The van der Waals surface area contributed by atoms with Crippen LogP contribution in [0.1, 0.15) is 38.7 Å². The summed E-state index contributed by atoms with van der Waals surface area (Å²) >= 11 is 0. The Morgan fingerprint density at radius 2 is 1.86 bits per heavy atom. The minimum absolute atomic E-state index is 0.0224. The quantitative estimate of drug-likeness (QED) is 0.537. The average Bonchev–Trinajstić information content (AvgIpc) is 2.64. The van der Waals surface area contributed by atoms with Crippen LogP contribution in [0, 0.1) is 5.41 Å². The van der Waals surface area contributed by atoms with Crippen LogP contribution in [0.2, 0.25) is 0 Å². The third kappa shape index (κ3) is 4.91. The molecule has 0 unspecified atom stereocenters. The van der Waals surface area contributed by atoms with Gasteiger partial charge in [-0.05, 0) is 41.3 Å². The SMILES string of the molecule is COC(=O)/C1=C/c2cccc(c2)OC/C=C/COC2=C(C1)C(=O)CC(C)(C)C2. The molecule has 0 spiro atoms. The fourth-order valence-corrected chi connectivity index (χ4v) is 3.46. The predicted octanol–water partition coefficient (Wildman–Crippen LogP) is 4.24. The third-order valence-corrected chi connectivity index (χ3v) is 4.83. The van der Waals surface area contributed by atoms with Gasteiger partial charge in [0.05, 0.1) is 7.11 Å². The maximum atomic E-state index is 12.9. The Bertz CT molecular complexity index is 857. The van der Waals surface area contributed by atoms with Gasteiger partial charge in [-0.2, -0.15) is 0 Å². The summed E-state index contributed by atoms with van der Waals surface area (Å²) < 4.78 is 16.6. The van der Waals surface area contributed by atoms with Crippen molar-refractivity contribution in [2.75, 3.05) is 20.3 Å². The van der Waals surface area contributed by atoms with Crippen LogP contribution in [-0.4, -0.2) is 32.1 Å². The van der Waals surface area contributed by atoms with Crippen molar-refractivity contribution in [3.63, 3.8) is 0 Å². The monoisotopic (exact) mass is 382 g/mol. The first kappa shape index (κ1) is 19.9. The van der Waals surface area contributed by atoms with E-state index in [1.54, 1.807) is 6.08 Å². The van der Waals surface area contributed by atoms with Gasteiger partial charge in [0.2, 0.25) is 0 Å². The van der Waals surface area contributed by atoms with Gasteiger partial charge in [0.15, 0.2) is 5.78 Å².